The summed E-state index contributed by atoms with van der Waals surface area (Å²) in [5.41, 5.74) is 0.969. The molecule has 5 heteroatoms. The first-order valence-electron chi connectivity index (χ1n) is 7.76. The Labute approximate surface area is 130 Å². The Kier molecular flexibility index (Phi) is 5.95. The molecule has 1 saturated heterocycles. The second-order valence-electron chi connectivity index (χ2n) is 5.77. The summed E-state index contributed by atoms with van der Waals surface area (Å²) < 4.78 is 5.33. The molecule has 0 radical (unpaired) electrons. The van der Waals surface area contributed by atoms with Gasteiger partial charge in [0.15, 0.2) is 0 Å². The lowest BCUT2D eigenvalue weighted by Gasteiger charge is -2.28. The Balaban J connectivity index is 1.84. The molecule has 1 amide bonds. The molecule has 1 aliphatic rings. The van der Waals surface area contributed by atoms with Crippen LogP contribution in [0.5, 0.6) is 0 Å². The van der Waals surface area contributed by atoms with Crippen molar-refractivity contribution in [3.63, 3.8) is 0 Å². The van der Waals surface area contributed by atoms with Crippen molar-refractivity contribution >= 4 is 11.9 Å². The number of hydrogen-bond donors (Lipinski definition) is 2. The van der Waals surface area contributed by atoms with Crippen LogP contribution in [0.15, 0.2) is 24.3 Å². The average molecular weight is 305 g/mol. The second-order valence-corrected chi connectivity index (χ2v) is 5.77. The number of aryl methyl sites for hydroxylation is 1. The van der Waals surface area contributed by atoms with Gasteiger partial charge in [-0.3, -0.25) is 4.79 Å². The van der Waals surface area contributed by atoms with E-state index in [0.29, 0.717) is 24.3 Å². The van der Waals surface area contributed by atoms with E-state index in [1.54, 1.807) is 24.3 Å². The van der Waals surface area contributed by atoms with E-state index < -0.39 is 5.97 Å². The summed E-state index contributed by atoms with van der Waals surface area (Å²) in [6.07, 6.45) is 2.69. The third-order valence-electron chi connectivity index (χ3n) is 4.23. The van der Waals surface area contributed by atoms with Crippen LogP contribution >= 0.6 is 0 Å². The van der Waals surface area contributed by atoms with Gasteiger partial charge in [-0.2, -0.15) is 0 Å². The van der Waals surface area contributed by atoms with Crippen molar-refractivity contribution in [2.75, 3.05) is 13.2 Å². The Morgan fingerprint density at radius 3 is 2.68 bits per heavy atom. The fourth-order valence-corrected chi connectivity index (χ4v) is 2.85. The maximum absolute atomic E-state index is 12.1. The van der Waals surface area contributed by atoms with Crippen LogP contribution in [0.25, 0.3) is 0 Å². The first kappa shape index (κ1) is 16.5. The lowest BCUT2D eigenvalue weighted by Crippen LogP contribution is -2.40. The van der Waals surface area contributed by atoms with Crippen LogP contribution in [-0.4, -0.2) is 36.2 Å². The first-order chi connectivity index (χ1) is 10.6. The molecule has 1 heterocycles. The maximum atomic E-state index is 12.1. The SMILES string of the molecule is CC(NC(=O)CCc1ccccc1C(=O)O)C1CCOCC1. The summed E-state index contributed by atoms with van der Waals surface area (Å²) >= 11 is 0. The van der Waals surface area contributed by atoms with E-state index in [9.17, 15) is 9.59 Å². The van der Waals surface area contributed by atoms with Crippen LogP contribution in [0, 0.1) is 5.92 Å². The molecule has 1 aromatic carbocycles. The van der Waals surface area contributed by atoms with Gasteiger partial charge in [0, 0.05) is 25.7 Å². The van der Waals surface area contributed by atoms with Crippen LogP contribution in [0.3, 0.4) is 0 Å². The molecule has 1 unspecified atom stereocenters. The largest absolute Gasteiger partial charge is 0.478 e. The number of benzene rings is 1. The van der Waals surface area contributed by atoms with Gasteiger partial charge in [0.25, 0.3) is 0 Å². The van der Waals surface area contributed by atoms with Gasteiger partial charge in [-0.25, -0.2) is 4.79 Å². The molecule has 0 saturated carbocycles. The number of carbonyl (C=O) groups excluding carboxylic acids is 1. The highest BCUT2D eigenvalue weighted by atomic mass is 16.5. The Morgan fingerprint density at radius 2 is 2.00 bits per heavy atom. The van der Waals surface area contributed by atoms with E-state index in [0.717, 1.165) is 26.1 Å². The molecule has 0 aromatic heterocycles. The smallest absolute Gasteiger partial charge is 0.335 e. The first-order valence-corrected chi connectivity index (χ1v) is 7.76. The van der Waals surface area contributed by atoms with Crippen LogP contribution in [-0.2, 0) is 16.0 Å². The Morgan fingerprint density at radius 1 is 1.32 bits per heavy atom. The van der Waals surface area contributed by atoms with Crippen molar-refractivity contribution in [2.24, 2.45) is 5.92 Å². The molecular formula is C17H23NO4. The molecular weight excluding hydrogens is 282 g/mol. The summed E-state index contributed by atoms with van der Waals surface area (Å²) in [7, 11) is 0. The van der Waals surface area contributed by atoms with Crippen LogP contribution in [0.4, 0.5) is 0 Å². The highest BCUT2D eigenvalue weighted by Gasteiger charge is 2.21. The topological polar surface area (TPSA) is 75.6 Å². The normalized spacial score (nSPS) is 17.0. The van der Waals surface area contributed by atoms with Gasteiger partial charge in [-0.05, 0) is 43.7 Å². The summed E-state index contributed by atoms with van der Waals surface area (Å²) in [5.74, 6) is -0.519. The third kappa shape index (κ3) is 4.56. The number of hydrogen-bond acceptors (Lipinski definition) is 3. The molecule has 1 fully saturated rings. The van der Waals surface area contributed by atoms with Crippen LogP contribution < -0.4 is 5.32 Å². The number of nitrogens with one attached hydrogen (secondary N) is 1. The van der Waals surface area contributed by atoms with Crippen molar-refractivity contribution < 1.29 is 19.4 Å². The van der Waals surface area contributed by atoms with Gasteiger partial charge in [-0.1, -0.05) is 18.2 Å². The van der Waals surface area contributed by atoms with E-state index in [4.69, 9.17) is 9.84 Å². The van der Waals surface area contributed by atoms with Crippen molar-refractivity contribution in [3.8, 4) is 0 Å². The molecule has 120 valence electrons. The Hall–Kier alpha value is -1.88. The predicted molar refractivity (Wildman–Crippen MR) is 82.9 cm³/mol. The molecule has 0 aliphatic carbocycles. The van der Waals surface area contributed by atoms with Gasteiger partial charge in [-0.15, -0.1) is 0 Å². The lowest BCUT2D eigenvalue weighted by molar-refractivity contribution is -0.122. The highest BCUT2D eigenvalue weighted by molar-refractivity contribution is 5.89. The number of carbonyl (C=O) groups is 2. The fourth-order valence-electron chi connectivity index (χ4n) is 2.85. The van der Waals surface area contributed by atoms with E-state index in [2.05, 4.69) is 5.32 Å². The molecule has 2 rings (SSSR count). The fraction of sp³-hybridized carbons (Fsp3) is 0.529. The zero-order valence-electron chi connectivity index (χ0n) is 12.9. The zero-order valence-corrected chi connectivity index (χ0v) is 12.9. The molecule has 0 bridgehead atoms. The summed E-state index contributed by atoms with van der Waals surface area (Å²) in [6.45, 7) is 3.55. The number of carboxylic acid groups (broad SMARTS) is 1. The number of carboxylic acids is 1. The van der Waals surface area contributed by atoms with Gasteiger partial charge < -0.3 is 15.2 Å². The molecule has 1 aromatic rings. The summed E-state index contributed by atoms with van der Waals surface area (Å²) in [5, 5.41) is 12.2. The number of rotatable bonds is 6. The minimum Gasteiger partial charge on any atom is -0.478 e. The van der Waals surface area contributed by atoms with Gasteiger partial charge in [0.1, 0.15) is 0 Å². The van der Waals surface area contributed by atoms with Gasteiger partial charge in [0.2, 0.25) is 5.91 Å². The van der Waals surface area contributed by atoms with E-state index in [1.807, 2.05) is 6.92 Å². The third-order valence-corrected chi connectivity index (χ3v) is 4.23. The second kappa shape index (κ2) is 7.94. The van der Waals surface area contributed by atoms with E-state index >= 15 is 0 Å². The molecule has 1 aliphatic heterocycles. The van der Waals surface area contributed by atoms with E-state index in [-0.39, 0.29) is 17.5 Å². The van der Waals surface area contributed by atoms with Gasteiger partial charge in [0.05, 0.1) is 5.56 Å². The molecule has 0 spiro atoms. The molecule has 2 N–H and O–H groups in total. The van der Waals surface area contributed by atoms with Crippen molar-refractivity contribution in [1.29, 1.82) is 0 Å². The minimum atomic E-state index is -0.952. The van der Waals surface area contributed by atoms with Crippen molar-refractivity contribution in [1.82, 2.24) is 5.32 Å². The van der Waals surface area contributed by atoms with Crippen molar-refractivity contribution in [3.05, 3.63) is 35.4 Å². The monoisotopic (exact) mass is 305 g/mol. The maximum Gasteiger partial charge on any atom is 0.335 e. The van der Waals surface area contributed by atoms with Crippen LogP contribution in [0.2, 0.25) is 0 Å². The summed E-state index contributed by atoms with van der Waals surface area (Å²) in [4.78, 5) is 23.2. The lowest BCUT2D eigenvalue weighted by atomic mass is 9.93. The quantitative estimate of drug-likeness (QED) is 0.845. The number of aromatic carboxylic acids is 1. The number of amides is 1. The molecule has 5 nitrogen and oxygen atoms in total. The number of ether oxygens (including phenoxy) is 1. The zero-order chi connectivity index (χ0) is 15.9. The summed E-state index contributed by atoms with van der Waals surface area (Å²) in [6, 6.07) is 6.95. The molecule has 22 heavy (non-hydrogen) atoms. The van der Waals surface area contributed by atoms with Gasteiger partial charge >= 0.3 is 5.97 Å². The predicted octanol–water partition coefficient (Wildman–Crippen LogP) is 2.25. The van der Waals surface area contributed by atoms with Crippen molar-refractivity contribution in [2.45, 2.75) is 38.6 Å². The highest BCUT2D eigenvalue weighted by Crippen LogP contribution is 2.18. The van der Waals surface area contributed by atoms with E-state index in [1.165, 1.54) is 0 Å². The van der Waals surface area contributed by atoms with Crippen LogP contribution in [0.1, 0.15) is 42.1 Å². The molecule has 1 atom stereocenters. The average Bonchev–Trinajstić information content (AvgIpc) is 2.54. The Bertz CT molecular complexity index is 523. The standard InChI is InChI=1S/C17H23NO4/c1-12(13-8-10-22-11-9-13)18-16(19)7-6-14-4-2-3-5-15(14)17(20)21/h2-5,12-13H,6-11H2,1H3,(H,18,19)(H,20,21). The minimum absolute atomic E-state index is 0.0285.